The molecule has 0 spiro atoms. The Morgan fingerprint density at radius 2 is 1.89 bits per heavy atom. The van der Waals surface area contributed by atoms with Crippen LogP contribution >= 0.6 is 23.2 Å². The quantitative estimate of drug-likeness (QED) is 0.893. The average Bonchev–Trinajstić information content (AvgIpc) is 2.31. The summed E-state index contributed by atoms with van der Waals surface area (Å²) in [6, 6.07) is 6.83. The predicted molar refractivity (Wildman–Crippen MR) is 77.9 cm³/mol. The lowest BCUT2D eigenvalue weighted by Gasteiger charge is -2.39. The summed E-state index contributed by atoms with van der Waals surface area (Å²) in [6.07, 6.45) is 3.83. The molecule has 2 unspecified atom stereocenters. The molecule has 0 radical (unpaired) electrons. The second kappa shape index (κ2) is 6.25. The van der Waals surface area contributed by atoms with E-state index in [9.17, 15) is 0 Å². The van der Waals surface area contributed by atoms with Gasteiger partial charge in [-0.3, -0.25) is 5.43 Å². The lowest BCUT2D eigenvalue weighted by atomic mass is 10.00. The van der Waals surface area contributed by atoms with Gasteiger partial charge >= 0.3 is 0 Å². The van der Waals surface area contributed by atoms with Crippen molar-refractivity contribution in [3.63, 3.8) is 0 Å². The average molecular weight is 287 g/mol. The van der Waals surface area contributed by atoms with Crippen LogP contribution in [-0.2, 0) is 6.54 Å². The van der Waals surface area contributed by atoms with Gasteiger partial charge in [0.15, 0.2) is 0 Å². The Balaban J connectivity index is 1.97. The molecular weight excluding hydrogens is 267 g/mol. The van der Waals surface area contributed by atoms with Gasteiger partial charge in [0.1, 0.15) is 0 Å². The monoisotopic (exact) mass is 286 g/mol. The van der Waals surface area contributed by atoms with E-state index in [2.05, 4.69) is 24.3 Å². The van der Waals surface area contributed by atoms with E-state index in [1.807, 2.05) is 12.1 Å². The van der Waals surface area contributed by atoms with Gasteiger partial charge in [0.2, 0.25) is 0 Å². The largest absolute Gasteiger partial charge is 0.250 e. The van der Waals surface area contributed by atoms with Crippen LogP contribution < -0.4 is 5.43 Å². The zero-order valence-corrected chi connectivity index (χ0v) is 12.4. The lowest BCUT2D eigenvalue weighted by molar-refractivity contribution is 0.0436. The van der Waals surface area contributed by atoms with Crippen molar-refractivity contribution in [2.24, 2.45) is 0 Å². The number of benzene rings is 1. The first-order chi connectivity index (χ1) is 8.58. The Kier molecular flexibility index (Phi) is 4.91. The van der Waals surface area contributed by atoms with Gasteiger partial charge in [0.25, 0.3) is 0 Å². The van der Waals surface area contributed by atoms with E-state index >= 15 is 0 Å². The zero-order chi connectivity index (χ0) is 13.1. The molecule has 1 aromatic carbocycles. The molecular formula is C14H20Cl2N2. The molecule has 1 saturated heterocycles. The summed E-state index contributed by atoms with van der Waals surface area (Å²) < 4.78 is 0. The Hall–Kier alpha value is -0.280. The van der Waals surface area contributed by atoms with Crippen LogP contribution in [-0.4, -0.2) is 17.1 Å². The molecule has 1 aliphatic heterocycles. The third-order valence-corrected chi connectivity index (χ3v) is 4.25. The highest BCUT2D eigenvalue weighted by atomic mass is 35.5. The van der Waals surface area contributed by atoms with Crippen LogP contribution in [0.4, 0.5) is 0 Å². The van der Waals surface area contributed by atoms with Crippen LogP contribution in [0.2, 0.25) is 10.0 Å². The molecule has 1 heterocycles. The highest BCUT2D eigenvalue weighted by Crippen LogP contribution is 2.23. The summed E-state index contributed by atoms with van der Waals surface area (Å²) in [4.78, 5) is 0. The van der Waals surface area contributed by atoms with Crippen LogP contribution in [0.1, 0.15) is 38.7 Å². The van der Waals surface area contributed by atoms with Gasteiger partial charge in [0.05, 0.1) is 0 Å². The SMILES string of the molecule is CC1CCCC(C)N1NCc1ccc(Cl)cc1Cl. The smallest absolute Gasteiger partial charge is 0.0466 e. The standard InChI is InChI=1S/C14H20Cl2N2/c1-10-4-3-5-11(2)18(10)17-9-12-6-7-13(15)8-14(12)16/h6-8,10-11,17H,3-5,9H2,1-2H3. The van der Waals surface area contributed by atoms with Crippen LogP contribution in [0, 0.1) is 0 Å². The van der Waals surface area contributed by atoms with Gasteiger partial charge in [0, 0.05) is 28.7 Å². The third-order valence-electron chi connectivity index (χ3n) is 3.66. The maximum Gasteiger partial charge on any atom is 0.0466 e. The van der Waals surface area contributed by atoms with Crippen molar-refractivity contribution in [3.05, 3.63) is 33.8 Å². The molecule has 0 saturated carbocycles. The second-order valence-electron chi connectivity index (χ2n) is 5.11. The lowest BCUT2D eigenvalue weighted by Crippen LogP contribution is -2.51. The first-order valence-corrected chi connectivity index (χ1v) is 7.29. The summed E-state index contributed by atoms with van der Waals surface area (Å²) in [5, 5.41) is 3.77. The van der Waals surface area contributed by atoms with Crippen molar-refractivity contribution in [2.45, 2.75) is 51.7 Å². The van der Waals surface area contributed by atoms with Crippen LogP contribution in [0.5, 0.6) is 0 Å². The number of nitrogens with zero attached hydrogens (tertiary/aromatic N) is 1. The fraction of sp³-hybridized carbons (Fsp3) is 0.571. The summed E-state index contributed by atoms with van der Waals surface area (Å²) >= 11 is 12.1. The van der Waals surface area contributed by atoms with E-state index in [-0.39, 0.29) is 0 Å². The van der Waals surface area contributed by atoms with Crippen molar-refractivity contribution < 1.29 is 0 Å². The van der Waals surface area contributed by atoms with Gasteiger partial charge in [-0.2, -0.15) is 0 Å². The van der Waals surface area contributed by atoms with E-state index in [0.717, 1.165) is 17.1 Å². The van der Waals surface area contributed by atoms with Crippen molar-refractivity contribution >= 4 is 23.2 Å². The molecule has 2 atom stereocenters. The topological polar surface area (TPSA) is 15.3 Å². The molecule has 2 rings (SSSR count). The van der Waals surface area contributed by atoms with Crippen LogP contribution in [0.25, 0.3) is 0 Å². The number of piperidine rings is 1. The molecule has 1 N–H and O–H groups in total. The van der Waals surface area contributed by atoms with E-state index in [1.54, 1.807) is 6.07 Å². The Labute approximate surface area is 119 Å². The molecule has 0 amide bonds. The molecule has 0 aromatic heterocycles. The van der Waals surface area contributed by atoms with Crippen molar-refractivity contribution in [2.75, 3.05) is 0 Å². The maximum absolute atomic E-state index is 6.18. The number of rotatable bonds is 3. The fourth-order valence-electron chi connectivity index (χ4n) is 2.57. The van der Waals surface area contributed by atoms with Crippen LogP contribution in [0.15, 0.2) is 18.2 Å². The Morgan fingerprint density at radius 3 is 2.50 bits per heavy atom. The number of hydrogen-bond acceptors (Lipinski definition) is 2. The minimum absolute atomic E-state index is 0.583. The number of halogens is 2. The van der Waals surface area contributed by atoms with E-state index in [0.29, 0.717) is 17.1 Å². The van der Waals surface area contributed by atoms with E-state index in [1.165, 1.54) is 19.3 Å². The summed E-state index contributed by atoms with van der Waals surface area (Å²) in [6.45, 7) is 5.29. The highest BCUT2D eigenvalue weighted by Gasteiger charge is 2.24. The summed E-state index contributed by atoms with van der Waals surface area (Å²) in [5.41, 5.74) is 4.59. The van der Waals surface area contributed by atoms with Crippen LogP contribution in [0.3, 0.4) is 0 Å². The molecule has 2 nitrogen and oxygen atoms in total. The maximum atomic E-state index is 6.18. The first kappa shape index (κ1) is 14.1. The normalized spacial score (nSPS) is 25.3. The number of hydrazine groups is 1. The molecule has 18 heavy (non-hydrogen) atoms. The number of nitrogens with one attached hydrogen (secondary N) is 1. The third kappa shape index (κ3) is 3.39. The van der Waals surface area contributed by atoms with Gasteiger partial charge < -0.3 is 0 Å². The Morgan fingerprint density at radius 1 is 1.22 bits per heavy atom. The van der Waals surface area contributed by atoms with Gasteiger partial charge in [-0.25, -0.2) is 5.01 Å². The fourth-order valence-corrected chi connectivity index (χ4v) is 3.05. The van der Waals surface area contributed by atoms with Gasteiger partial charge in [-0.05, 0) is 44.4 Å². The molecule has 1 aliphatic rings. The van der Waals surface area contributed by atoms with Gasteiger partial charge in [-0.1, -0.05) is 35.7 Å². The first-order valence-electron chi connectivity index (χ1n) is 6.53. The predicted octanol–water partition coefficient (Wildman–Crippen LogP) is 4.26. The molecule has 100 valence electrons. The van der Waals surface area contributed by atoms with Crippen molar-refractivity contribution in [1.29, 1.82) is 0 Å². The zero-order valence-electron chi connectivity index (χ0n) is 10.9. The summed E-state index contributed by atoms with van der Waals surface area (Å²) in [5.74, 6) is 0. The molecule has 0 aliphatic carbocycles. The van der Waals surface area contributed by atoms with E-state index < -0.39 is 0 Å². The van der Waals surface area contributed by atoms with Crippen molar-refractivity contribution in [3.8, 4) is 0 Å². The minimum atomic E-state index is 0.583. The molecule has 4 heteroatoms. The second-order valence-corrected chi connectivity index (χ2v) is 5.95. The number of hydrogen-bond donors (Lipinski definition) is 1. The molecule has 1 aromatic rings. The summed E-state index contributed by atoms with van der Waals surface area (Å²) in [7, 11) is 0. The molecule has 1 fully saturated rings. The van der Waals surface area contributed by atoms with Crippen molar-refractivity contribution in [1.82, 2.24) is 10.4 Å². The minimum Gasteiger partial charge on any atom is -0.250 e. The van der Waals surface area contributed by atoms with Gasteiger partial charge in [-0.15, -0.1) is 0 Å². The Bertz CT molecular complexity index is 399. The van der Waals surface area contributed by atoms with E-state index in [4.69, 9.17) is 23.2 Å². The molecule has 0 bridgehead atoms. The highest BCUT2D eigenvalue weighted by molar-refractivity contribution is 6.35.